The Morgan fingerprint density at radius 1 is 1.12 bits per heavy atom. The third-order valence-electron chi connectivity index (χ3n) is 5.40. The van der Waals surface area contributed by atoms with Crippen molar-refractivity contribution in [3.63, 3.8) is 0 Å². The summed E-state index contributed by atoms with van der Waals surface area (Å²) in [6.45, 7) is -0.0622. The highest BCUT2D eigenvalue weighted by Crippen LogP contribution is 2.46. The van der Waals surface area contributed by atoms with Gasteiger partial charge in [-0.1, -0.05) is 12.1 Å². The molecule has 176 valence electrons. The van der Waals surface area contributed by atoms with Crippen molar-refractivity contribution < 1.29 is 35.9 Å². The number of aromatic nitrogens is 2. The van der Waals surface area contributed by atoms with Gasteiger partial charge < -0.3 is 9.64 Å². The topological polar surface area (TPSA) is 145 Å². The Kier molecular flexibility index (Phi) is 5.52. The van der Waals surface area contributed by atoms with E-state index in [4.69, 9.17) is 9.88 Å². The molecule has 1 saturated carbocycles. The Morgan fingerprint density at radius 2 is 1.73 bits per heavy atom. The van der Waals surface area contributed by atoms with Crippen LogP contribution in [0.3, 0.4) is 0 Å². The van der Waals surface area contributed by atoms with Gasteiger partial charge in [-0.25, -0.2) is 28.3 Å². The number of hydrogen-bond donors (Lipinski definition) is 2. The summed E-state index contributed by atoms with van der Waals surface area (Å²) in [6.07, 6.45) is -1.70. The van der Waals surface area contributed by atoms with Crippen LogP contribution >= 0.6 is 0 Å². The quantitative estimate of drug-likeness (QED) is 0.569. The van der Waals surface area contributed by atoms with Gasteiger partial charge in [0.15, 0.2) is 5.75 Å². The summed E-state index contributed by atoms with van der Waals surface area (Å²) in [6, 6.07) is 5.44. The van der Waals surface area contributed by atoms with Crippen LogP contribution in [-0.2, 0) is 27.5 Å². The Morgan fingerprint density at radius 3 is 2.24 bits per heavy atom. The van der Waals surface area contributed by atoms with E-state index in [2.05, 4.69) is 15.3 Å². The maximum atomic E-state index is 12.6. The Balaban J connectivity index is 1.51. The predicted molar refractivity (Wildman–Crippen MR) is 106 cm³/mol. The second-order valence-corrected chi connectivity index (χ2v) is 9.45. The summed E-state index contributed by atoms with van der Waals surface area (Å²) in [7, 11) is -4.06. The monoisotopic (exact) mass is 485 g/mol. The molecule has 2 aromatic rings. The highest BCUT2D eigenvalue weighted by Gasteiger charge is 2.62. The minimum atomic E-state index is -4.66. The van der Waals surface area contributed by atoms with Crippen LogP contribution in [0.2, 0.25) is 0 Å². The lowest BCUT2D eigenvalue weighted by atomic mass is 9.93. The van der Waals surface area contributed by atoms with Gasteiger partial charge in [-0.2, -0.15) is 13.2 Å². The van der Waals surface area contributed by atoms with E-state index in [9.17, 15) is 31.2 Å². The van der Waals surface area contributed by atoms with E-state index in [-0.39, 0.29) is 24.0 Å². The number of primary sulfonamides is 1. The van der Waals surface area contributed by atoms with E-state index in [1.165, 1.54) is 17.0 Å². The van der Waals surface area contributed by atoms with Gasteiger partial charge in [0.2, 0.25) is 15.8 Å². The van der Waals surface area contributed by atoms with Crippen molar-refractivity contribution in [1.82, 2.24) is 20.2 Å². The lowest BCUT2D eigenvalue weighted by molar-refractivity contribution is -0.145. The van der Waals surface area contributed by atoms with Crippen LogP contribution < -0.4 is 15.2 Å². The van der Waals surface area contributed by atoms with Gasteiger partial charge in [0, 0.05) is 6.54 Å². The van der Waals surface area contributed by atoms with Crippen LogP contribution in [-0.4, -0.2) is 46.5 Å². The van der Waals surface area contributed by atoms with Crippen molar-refractivity contribution >= 4 is 22.0 Å². The van der Waals surface area contributed by atoms with Crippen LogP contribution in [0.5, 0.6) is 11.5 Å². The molecular formula is C19H18F3N5O5S. The normalized spacial score (nSPS) is 21.3. The molecule has 4 rings (SSSR count). The molecule has 1 aliphatic carbocycles. The molecule has 10 nitrogen and oxygen atoms in total. The predicted octanol–water partition coefficient (Wildman–Crippen LogP) is 1.78. The molecule has 0 bridgehead atoms. The van der Waals surface area contributed by atoms with E-state index in [1.54, 1.807) is 12.1 Å². The summed E-state index contributed by atoms with van der Waals surface area (Å²) in [5.41, 5.74) is -1.01. The molecular weight excluding hydrogens is 467 g/mol. The third kappa shape index (κ3) is 4.75. The fraction of sp³-hybridized carbons (Fsp3) is 0.368. The maximum Gasteiger partial charge on any atom is 0.451 e. The van der Waals surface area contributed by atoms with E-state index >= 15 is 0 Å². The molecule has 33 heavy (non-hydrogen) atoms. The number of sulfonamides is 1. The summed E-state index contributed by atoms with van der Waals surface area (Å²) < 4.78 is 66.8. The van der Waals surface area contributed by atoms with Crippen LogP contribution in [0, 0.1) is 5.92 Å². The molecule has 3 N–H and O–H groups in total. The van der Waals surface area contributed by atoms with Crippen LogP contribution in [0.1, 0.15) is 24.2 Å². The maximum absolute atomic E-state index is 12.6. The van der Waals surface area contributed by atoms with Crippen molar-refractivity contribution in [3.05, 3.63) is 48.0 Å². The molecule has 14 heteroatoms. The number of urea groups is 1. The van der Waals surface area contributed by atoms with Crippen molar-refractivity contribution in [2.75, 3.05) is 5.75 Å². The van der Waals surface area contributed by atoms with Crippen LogP contribution in [0.15, 0.2) is 36.7 Å². The second-order valence-electron chi connectivity index (χ2n) is 7.84. The number of ether oxygens (including phenoxy) is 1. The molecule has 2 heterocycles. The highest BCUT2D eigenvalue weighted by molar-refractivity contribution is 7.89. The molecule has 1 aromatic heterocycles. The van der Waals surface area contributed by atoms with Gasteiger partial charge in [0.1, 0.15) is 11.3 Å². The molecule has 0 unspecified atom stereocenters. The zero-order chi connectivity index (χ0) is 24.0. The van der Waals surface area contributed by atoms with Crippen molar-refractivity contribution in [1.29, 1.82) is 0 Å². The molecule has 2 fully saturated rings. The van der Waals surface area contributed by atoms with Crippen molar-refractivity contribution in [2.24, 2.45) is 11.1 Å². The van der Waals surface area contributed by atoms with E-state index in [1.807, 2.05) is 0 Å². The average Bonchev–Trinajstić information content (AvgIpc) is 3.53. The minimum absolute atomic E-state index is 0.0128. The summed E-state index contributed by atoms with van der Waals surface area (Å²) >= 11 is 0. The number of alkyl halides is 3. The summed E-state index contributed by atoms with van der Waals surface area (Å²) in [5.74, 6) is -2.72. The first-order valence-corrected chi connectivity index (χ1v) is 11.4. The fourth-order valence-electron chi connectivity index (χ4n) is 3.82. The number of halogens is 3. The zero-order valence-electron chi connectivity index (χ0n) is 16.9. The second kappa shape index (κ2) is 7.95. The molecule has 1 aliphatic heterocycles. The molecule has 3 amide bonds. The number of imide groups is 1. The van der Waals surface area contributed by atoms with Gasteiger partial charge in [-0.05, 0) is 36.5 Å². The van der Waals surface area contributed by atoms with E-state index < -0.39 is 45.3 Å². The van der Waals surface area contributed by atoms with E-state index in [0.717, 1.165) is 12.4 Å². The largest absolute Gasteiger partial charge is 0.454 e. The Bertz CT molecular complexity index is 1180. The number of hydrogen-bond acceptors (Lipinski definition) is 7. The molecule has 1 atom stereocenters. The van der Waals surface area contributed by atoms with Gasteiger partial charge in [0.25, 0.3) is 5.91 Å². The van der Waals surface area contributed by atoms with Gasteiger partial charge >= 0.3 is 12.2 Å². The van der Waals surface area contributed by atoms with Crippen molar-refractivity contribution in [3.8, 4) is 11.5 Å². The molecule has 2 aliphatic rings. The third-order valence-corrected chi connectivity index (χ3v) is 6.24. The average molecular weight is 485 g/mol. The summed E-state index contributed by atoms with van der Waals surface area (Å²) in [4.78, 5) is 32.7. The molecule has 0 radical (unpaired) electrons. The first-order chi connectivity index (χ1) is 15.4. The molecule has 0 spiro atoms. The number of nitrogens with one attached hydrogen (secondary N) is 1. The van der Waals surface area contributed by atoms with Gasteiger partial charge in [0.05, 0.1) is 18.1 Å². The Labute approximate surface area is 186 Å². The lowest BCUT2D eigenvalue weighted by Gasteiger charge is -2.34. The van der Waals surface area contributed by atoms with Crippen molar-refractivity contribution in [2.45, 2.75) is 31.1 Å². The lowest BCUT2D eigenvalue weighted by Crippen LogP contribution is -2.57. The zero-order valence-corrected chi connectivity index (χ0v) is 17.7. The van der Waals surface area contributed by atoms with E-state index in [0.29, 0.717) is 18.4 Å². The number of nitrogens with zero attached hydrogens (tertiary/aromatic N) is 3. The minimum Gasteiger partial charge on any atom is -0.454 e. The summed E-state index contributed by atoms with van der Waals surface area (Å²) in [5, 5.41) is 7.41. The smallest absolute Gasteiger partial charge is 0.451 e. The SMILES string of the molecule is NS(=O)(=O)C[C@]1(C2CC2)C(=O)NC(=O)N1Cc1ccc(Oc2cnc(C(F)(F)F)nc2)cc1. The number of benzene rings is 1. The number of carbonyl (C=O) groups is 2. The highest BCUT2D eigenvalue weighted by atomic mass is 32.2. The number of amides is 3. The standard InChI is InChI=1S/C19H18F3N5O5S/c20-19(21,22)15-24-7-14(8-25-15)32-13-5-1-11(2-6-13)9-27-17(29)26-16(28)18(27,12-3-4-12)10-33(23,30)31/h1-2,5-8,12H,3-4,9-10H2,(H2,23,30,31)(H,26,28,29)/t18-/m0/s1. The first-order valence-electron chi connectivity index (χ1n) is 9.68. The number of nitrogens with two attached hydrogens (primary N) is 1. The van der Waals surface area contributed by atoms with Crippen LogP contribution in [0.4, 0.5) is 18.0 Å². The van der Waals surface area contributed by atoms with Gasteiger partial charge in [-0.3, -0.25) is 10.1 Å². The Hall–Kier alpha value is -3.26. The number of rotatable bonds is 7. The van der Waals surface area contributed by atoms with Gasteiger partial charge in [-0.15, -0.1) is 0 Å². The first kappa shape index (κ1) is 22.9. The van der Waals surface area contributed by atoms with Crippen LogP contribution in [0.25, 0.3) is 0 Å². The molecule has 1 aromatic carbocycles. The molecule has 1 saturated heterocycles. The number of carbonyl (C=O) groups excluding carboxylic acids is 2. The fourth-order valence-corrected chi connectivity index (χ4v) is 4.96.